The Labute approximate surface area is 101 Å². The van der Waals surface area contributed by atoms with Crippen LogP contribution in [0, 0.1) is 5.82 Å². The Hall–Kier alpha value is -1.78. The number of halogens is 2. The van der Waals surface area contributed by atoms with Crippen LogP contribution in [0.3, 0.4) is 0 Å². The molecule has 1 amide bonds. The predicted molar refractivity (Wildman–Crippen MR) is 60.2 cm³/mol. The monoisotopic (exact) mass is 254 g/mol. The molecular weight excluding hydrogens is 247 g/mol. The summed E-state index contributed by atoms with van der Waals surface area (Å²) < 4.78 is 13.5. The van der Waals surface area contributed by atoms with Crippen LogP contribution in [-0.4, -0.2) is 29.9 Å². The van der Waals surface area contributed by atoms with Gasteiger partial charge in [0.2, 0.25) is 0 Å². The molecule has 0 N–H and O–H groups in total. The average Bonchev–Trinajstić information content (AvgIpc) is 2.22. The number of amides is 1. The van der Waals surface area contributed by atoms with E-state index in [1.807, 2.05) is 0 Å². The predicted octanol–water partition coefficient (Wildman–Crippen LogP) is 2.61. The molecule has 1 heterocycles. The molecule has 0 bridgehead atoms. The topological polar surface area (TPSA) is 69.1 Å². The number of rotatable bonds is 2. The number of azide groups is 1. The molecule has 1 aromatic rings. The van der Waals surface area contributed by atoms with Crippen LogP contribution in [0.5, 0.6) is 0 Å². The maximum atomic E-state index is 13.5. The van der Waals surface area contributed by atoms with E-state index in [-0.39, 0.29) is 16.6 Å². The third kappa shape index (κ3) is 2.18. The second-order valence-electron chi connectivity index (χ2n) is 3.67. The Balaban J connectivity index is 2.14. The summed E-state index contributed by atoms with van der Waals surface area (Å²) in [7, 11) is 0. The summed E-state index contributed by atoms with van der Waals surface area (Å²) in [4.78, 5) is 15.9. The lowest BCUT2D eigenvalue weighted by molar-refractivity contribution is 0.0604. The number of hydrogen-bond acceptors (Lipinski definition) is 2. The zero-order valence-corrected chi connectivity index (χ0v) is 9.43. The molecule has 7 heteroatoms. The third-order valence-electron chi connectivity index (χ3n) is 2.54. The molecule has 17 heavy (non-hydrogen) atoms. The molecule has 0 unspecified atom stereocenters. The minimum atomic E-state index is -0.644. The number of carbonyl (C=O) groups is 1. The summed E-state index contributed by atoms with van der Waals surface area (Å²) in [6.45, 7) is 0.598. The first-order valence-corrected chi connectivity index (χ1v) is 5.28. The summed E-state index contributed by atoms with van der Waals surface area (Å²) in [5.74, 6) is -1.12. The fourth-order valence-corrected chi connectivity index (χ4v) is 1.87. The van der Waals surface area contributed by atoms with Gasteiger partial charge in [-0.15, -0.1) is 0 Å². The quantitative estimate of drug-likeness (QED) is 0.454. The zero-order valence-electron chi connectivity index (χ0n) is 8.68. The lowest BCUT2D eigenvalue weighted by atomic mass is 10.1. The van der Waals surface area contributed by atoms with Crippen molar-refractivity contribution in [3.05, 3.63) is 45.0 Å². The highest BCUT2D eigenvalue weighted by atomic mass is 35.5. The van der Waals surface area contributed by atoms with Crippen molar-refractivity contribution in [2.75, 3.05) is 13.1 Å². The van der Waals surface area contributed by atoms with Crippen molar-refractivity contribution >= 4 is 17.5 Å². The van der Waals surface area contributed by atoms with Crippen LogP contribution in [0.4, 0.5) is 4.39 Å². The fourth-order valence-electron chi connectivity index (χ4n) is 1.63. The van der Waals surface area contributed by atoms with Crippen LogP contribution in [-0.2, 0) is 0 Å². The van der Waals surface area contributed by atoms with Gasteiger partial charge in [-0.1, -0.05) is 22.8 Å². The normalized spacial score (nSPS) is 15.1. The highest BCUT2D eigenvalue weighted by Gasteiger charge is 2.32. The average molecular weight is 255 g/mol. The molecule has 88 valence electrons. The third-order valence-corrected chi connectivity index (χ3v) is 2.86. The summed E-state index contributed by atoms with van der Waals surface area (Å²) >= 11 is 5.78. The fraction of sp³-hybridized carbons (Fsp3) is 0.300. The SMILES string of the molecule is [N-]=[N+]=NC1CN(C(=O)c2c(F)cccc2Cl)C1. The number of likely N-dealkylation sites (tertiary alicyclic amines) is 1. The molecule has 0 saturated carbocycles. The van der Waals surface area contributed by atoms with Gasteiger partial charge < -0.3 is 4.90 Å². The van der Waals surface area contributed by atoms with Crippen molar-refractivity contribution in [1.29, 1.82) is 0 Å². The highest BCUT2D eigenvalue weighted by Crippen LogP contribution is 2.23. The first-order valence-electron chi connectivity index (χ1n) is 4.91. The molecule has 0 aromatic heterocycles. The lowest BCUT2D eigenvalue weighted by Crippen LogP contribution is -2.52. The molecule has 0 aliphatic carbocycles. The molecule has 0 spiro atoms. The largest absolute Gasteiger partial charge is 0.338 e. The molecule has 5 nitrogen and oxygen atoms in total. The van der Waals surface area contributed by atoms with E-state index in [0.29, 0.717) is 13.1 Å². The Morgan fingerprint density at radius 2 is 2.29 bits per heavy atom. The Morgan fingerprint density at radius 1 is 1.59 bits per heavy atom. The minimum Gasteiger partial charge on any atom is -0.338 e. The van der Waals surface area contributed by atoms with E-state index in [9.17, 15) is 9.18 Å². The second kappa shape index (κ2) is 4.61. The first kappa shape index (κ1) is 11.7. The molecule has 1 aliphatic heterocycles. The van der Waals surface area contributed by atoms with Gasteiger partial charge >= 0.3 is 0 Å². The molecule has 1 fully saturated rings. The van der Waals surface area contributed by atoms with Crippen LogP contribution in [0.1, 0.15) is 10.4 Å². The summed E-state index contributed by atoms with van der Waals surface area (Å²) in [5, 5.41) is 3.55. The molecular formula is C10H8ClFN4O. The van der Waals surface area contributed by atoms with Crippen molar-refractivity contribution in [2.45, 2.75) is 6.04 Å². The molecule has 0 radical (unpaired) electrons. The van der Waals surface area contributed by atoms with Gasteiger partial charge in [-0.05, 0) is 17.7 Å². The maximum absolute atomic E-state index is 13.5. The van der Waals surface area contributed by atoms with Crippen molar-refractivity contribution in [3.8, 4) is 0 Å². The van der Waals surface area contributed by atoms with Crippen LogP contribution >= 0.6 is 11.6 Å². The number of benzene rings is 1. The molecule has 1 aliphatic rings. The standard InChI is InChI=1S/C10H8ClFN4O/c11-7-2-1-3-8(12)9(7)10(17)16-4-6(5-16)14-15-13/h1-3,6H,4-5H2. The van der Waals surface area contributed by atoms with Gasteiger partial charge in [0.25, 0.3) is 5.91 Å². The van der Waals surface area contributed by atoms with Crippen LogP contribution in [0.25, 0.3) is 10.4 Å². The van der Waals surface area contributed by atoms with E-state index < -0.39 is 11.7 Å². The van der Waals surface area contributed by atoms with Gasteiger partial charge in [0, 0.05) is 18.0 Å². The summed E-state index contributed by atoms with van der Waals surface area (Å²) in [6, 6.07) is 3.86. The molecule has 0 atom stereocenters. The highest BCUT2D eigenvalue weighted by molar-refractivity contribution is 6.33. The zero-order chi connectivity index (χ0) is 12.4. The molecule has 1 saturated heterocycles. The smallest absolute Gasteiger partial charge is 0.258 e. The van der Waals surface area contributed by atoms with Crippen LogP contribution in [0.15, 0.2) is 23.3 Å². The Bertz CT molecular complexity index is 489. The van der Waals surface area contributed by atoms with E-state index in [2.05, 4.69) is 10.0 Å². The van der Waals surface area contributed by atoms with E-state index >= 15 is 0 Å². The van der Waals surface area contributed by atoms with Crippen molar-refractivity contribution in [3.63, 3.8) is 0 Å². The lowest BCUT2D eigenvalue weighted by Gasteiger charge is -2.36. The van der Waals surface area contributed by atoms with Crippen molar-refractivity contribution < 1.29 is 9.18 Å². The Morgan fingerprint density at radius 3 is 2.88 bits per heavy atom. The number of nitrogens with zero attached hydrogens (tertiary/aromatic N) is 4. The van der Waals surface area contributed by atoms with Gasteiger partial charge in [0.05, 0.1) is 16.6 Å². The van der Waals surface area contributed by atoms with E-state index in [4.69, 9.17) is 17.1 Å². The van der Waals surface area contributed by atoms with Crippen LogP contribution < -0.4 is 0 Å². The Kier molecular flexibility index (Phi) is 3.17. The summed E-state index contributed by atoms with van der Waals surface area (Å²) in [5.41, 5.74) is 8.07. The maximum Gasteiger partial charge on any atom is 0.258 e. The number of hydrogen-bond donors (Lipinski definition) is 0. The minimum absolute atomic E-state index is 0.0854. The van der Waals surface area contributed by atoms with E-state index in [0.717, 1.165) is 0 Å². The van der Waals surface area contributed by atoms with Gasteiger partial charge in [0.15, 0.2) is 0 Å². The van der Waals surface area contributed by atoms with Gasteiger partial charge in [-0.25, -0.2) is 4.39 Å². The van der Waals surface area contributed by atoms with Gasteiger partial charge in [0.1, 0.15) is 5.82 Å². The van der Waals surface area contributed by atoms with E-state index in [1.54, 1.807) is 0 Å². The molecule has 1 aromatic carbocycles. The van der Waals surface area contributed by atoms with E-state index in [1.165, 1.54) is 23.1 Å². The van der Waals surface area contributed by atoms with Crippen molar-refractivity contribution in [1.82, 2.24) is 4.90 Å². The van der Waals surface area contributed by atoms with Gasteiger partial charge in [-0.2, -0.15) is 0 Å². The number of carbonyl (C=O) groups excluding carboxylic acids is 1. The van der Waals surface area contributed by atoms with Crippen LogP contribution in [0.2, 0.25) is 5.02 Å². The first-order chi connectivity index (χ1) is 8.13. The van der Waals surface area contributed by atoms with Gasteiger partial charge in [-0.3, -0.25) is 4.79 Å². The second-order valence-corrected chi connectivity index (χ2v) is 4.07. The summed E-state index contributed by atoms with van der Waals surface area (Å²) in [6.07, 6.45) is 0. The molecule has 2 rings (SSSR count). The van der Waals surface area contributed by atoms with Crippen molar-refractivity contribution in [2.24, 2.45) is 5.11 Å².